The molecule has 1 aliphatic carbocycles. The second-order valence-electron chi connectivity index (χ2n) is 6.11. The molecule has 1 saturated carbocycles. The van der Waals surface area contributed by atoms with Gasteiger partial charge in [-0.15, -0.1) is 0 Å². The van der Waals surface area contributed by atoms with E-state index in [0.29, 0.717) is 18.3 Å². The highest BCUT2D eigenvalue weighted by molar-refractivity contribution is 6.03. The lowest BCUT2D eigenvalue weighted by Crippen LogP contribution is -2.40. The summed E-state index contributed by atoms with van der Waals surface area (Å²) in [6, 6.07) is 7.88. The van der Waals surface area contributed by atoms with Gasteiger partial charge in [0.15, 0.2) is 0 Å². The van der Waals surface area contributed by atoms with Crippen molar-refractivity contribution in [1.29, 1.82) is 0 Å². The zero-order chi connectivity index (χ0) is 14.2. The number of hydrogen-bond donors (Lipinski definition) is 2. The Labute approximate surface area is 123 Å². The van der Waals surface area contributed by atoms with Crippen molar-refractivity contribution in [2.75, 3.05) is 13.1 Å². The Morgan fingerprint density at radius 3 is 3.24 bits per heavy atom. The van der Waals surface area contributed by atoms with Crippen LogP contribution in [0.3, 0.4) is 0 Å². The summed E-state index contributed by atoms with van der Waals surface area (Å²) in [4.78, 5) is 12.3. The Kier molecular flexibility index (Phi) is 3.15. The molecule has 5 heteroatoms. The Balaban J connectivity index is 1.44. The van der Waals surface area contributed by atoms with Gasteiger partial charge in [-0.2, -0.15) is 0 Å². The van der Waals surface area contributed by atoms with E-state index >= 15 is 0 Å². The van der Waals surface area contributed by atoms with Crippen molar-refractivity contribution in [2.45, 2.75) is 25.3 Å². The molecule has 3 atom stereocenters. The number of fused-ring (bicyclic) bond motifs is 2. The normalized spacial score (nSPS) is 27.9. The largest absolute Gasteiger partial charge is 0.350 e. The third kappa shape index (κ3) is 2.21. The van der Waals surface area contributed by atoms with Crippen molar-refractivity contribution < 1.29 is 9.32 Å². The Morgan fingerprint density at radius 1 is 1.38 bits per heavy atom. The maximum absolute atomic E-state index is 12.3. The predicted molar refractivity (Wildman–Crippen MR) is 79.0 cm³/mol. The van der Waals surface area contributed by atoms with E-state index < -0.39 is 0 Å². The third-order valence-electron chi connectivity index (χ3n) is 4.95. The Morgan fingerprint density at radius 2 is 2.29 bits per heavy atom. The molecule has 2 heterocycles. The van der Waals surface area contributed by atoms with Gasteiger partial charge >= 0.3 is 0 Å². The van der Waals surface area contributed by atoms with Crippen LogP contribution in [0.15, 0.2) is 28.8 Å². The summed E-state index contributed by atoms with van der Waals surface area (Å²) in [6.45, 7) is 1.76. The van der Waals surface area contributed by atoms with Gasteiger partial charge in [0.25, 0.3) is 5.91 Å². The number of carbonyl (C=O) groups is 1. The number of aromatic nitrogens is 1. The van der Waals surface area contributed by atoms with E-state index in [2.05, 4.69) is 15.8 Å². The van der Waals surface area contributed by atoms with Crippen LogP contribution >= 0.6 is 0 Å². The summed E-state index contributed by atoms with van der Waals surface area (Å²) < 4.78 is 5.20. The van der Waals surface area contributed by atoms with Crippen molar-refractivity contribution >= 4 is 16.8 Å². The van der Waals surface area contributed by atoms with E-state index in [1.807, 2.05) is 24.3 Å². The first-order chi connectivity index (χ1) is 10.3. The molecule has 2 fully saturated rings. The minimum Gasteiger partial charge on any atom is -0.350 e. The lowest BCUT2D eigenvalue weighted by molar-refractivity contribution is 0.0913. The minimum atomic E-state index is -0.174. The first-order valence-corrected chi connectivity index (χ1v) is 7.69. The summed E-state index contributed by atoms with van der Waals surface area (Å²) in [5.74, 6) is 1.66. The highest BCUT2D eigenvalue weighted by Crippen LogP contribution is 2.37. The van der Waals surface area contributed by atoms with E-state index in [1.165, 1.54) is 19.3 Å². The predicted octanol–water partition coefficient (Wildman–Crippen LogP) is 1.95. The van der Waals surface area contributed by atoms with E-state index in [9.17, 15) is 4.79 Å². The average molecular weight is 285 g/mol. The van der Waals surface area contributed by atoms with Crippen LogP contribution < -0.4 is 10.6 Å². The van der Waals surface area contributed by atoms with E-state index in [1.54, 1.807) is 0 Å². The van der Waals surface area contributed by atoms with Gasteiger partial charge in [-0.05, 0) is 43.4 Å². The van der Waals surface area contributed by atoms with Gasteiger partial charge in [0.1, 0.15) is 5.52 Å². The van der Waals surface area contributed by atoms with Gasteiger partial charge in [0, 0.05) is 12.6 Å². The van der Waals surface area contributed by atoms with Crippen LogP contribution in [0.1, 0.15) is 29.8 Å². The summed E-state index contributed by atoms with van der Waals surface area (Å²) >= 11 is 0. The van der Waals surface area contributed by atoms with Crippen LogP contribution in [0, 0.1) is 11.8 Å². The molecule has 0 unspecified atom stereocenters. The SMILES string of the molecule is O=C(NC[C@H]1NC[C@@H]2CCC[C@@H]21)c1onc2ccccc12. The first kappa shape index (κ1) is 12.8. The molecule has 1 aromatic heterocycles. The van der Waals surface area contributed by atoms with Crippen molar-refractivity contribution in [3.63, 3.8) is 0 Å². The summed E-state index contributed by atoms with van der Waals surface area (Å²) in [5.41, 5.74) is 0.720. The maximum atomic E-state index is 12.3. The first-order valence-electron chi connectivity index (χ1n) is 7.69. The molecule has 1 saturated heterocycles. The van der Waals surface area contributed by atoms with Gasteiger partial charge in [0.2, 0.25) is 5.76 Å². The fourth-order valence-electron chi connectivity index (χ4n) is 3.86. The van der Waals surface area contributed by atoms with Crippen LogP contribution in [-0.4, -0.2) is 30.2 Å². The maximum Gasteiger partial charge on any atom is 0.290 e. The molecule has 2 aromatic rings. The lowest BCUT2D eigenvalue weighted by Gasteiger charge is -2.18. The monoisotopic (exact) mass is 285 g/mol. The molecule has 2 aliphatic rings. The highest BCUT2D eigenvalue weighted by Gasteiger charge is 2.38. The van der Waals surface area contributed by atoms with Crippen LogP contribution in [0.2, 0.25) is 0 Å². The molecule has 1 amide bonds. The number of nitrogens with one attached hydrogen (secondary N) is 2. The zero-order valence-corrected chi connectivity index (χ0v) is 11.8. The summed E-state index contributed by atoms with van der Waals surface area (Å²) in [7, 11) is 0. The van der Waals surface area contributed by atoms with Crippen molar-refractivity contribution in [3.8, 4) is 0 Å². The highest BCUT2D eigenvalue weighted by atomic mass is 16.5. The molecule has 0 bridgehead atoms. The standard InChI is InChI=1S/C16H19N3O2/c20-16(15-12-5-1-2-7-13(12)19-21-15)18-9-14-11-6-3-4-10(11)8-17-14/h1-2,5,7,10-11,14,17H,3-4,6,8-9H2,(H,18,20)/t10-,11-,14+/m0/s1. The van der Waals surface area contributed by atoms with Gasteiger partial charge in [-0.25, -0.2) is 0 Å². The van der Waals surface area contributed by atoms with Crippen molar-refractivity contribution in [2.24, 2.45) is 11.8 Å². The van der Waals surface area contributed by atoms with Crippen LogP contribution in [0.5, 0.6) is 0 Å². The number of carbonyl (C=O) groups excluding carboxylic acids is 1. The number of hydrogen-bond acceptors (Lipinski definition) is 4. The average Bonchev–Trinajstić information content (AvgIpc) is 3.20. The molecule has 21 heavy (non-hydrogen) atoms. The molecule has 2 N–H and O–H groups in total. The zero-order valence-electron chi connectivity index (χ0n) is 11.8. The topological polar surface area (TPSA) is 67.2 Å². The molecule has 1 aromatic carbocycles. The second-order valence-corrected chi connectivity index (χ2v) is 6.11. The quantitative estimate of drug-likeness (QED) is 0.904. The van der Waals surface area contributed by atoms with Crippen molar-refractivity contribution in [1.82, 2.24) is 15.8 Å². The number of benzene rings is 1. The number of rotatable bonds is 3. The molecule has 0 radical (unpaired) electrons. The molecule has 1 aliphatic heterocycles. The third-order valence-corrected chi connectivity index (χ3v) is 4.95. The number of amides is 1. The van der Waals surface area contributed by atoms with E-state index in [0.717, 1.165) is 29.3 Å². The van der Waals surface area contributed by atoms with Crippen LogP contribution in [0.4, 0.5) is 0 Å². The van der Waals surface area contributed by atoms with Crippen LogP contribution in [-0.2, 0) is 0 Å². The molecular formula is C16H19N3O2. The summed E-state index contributed by atoms with van der Waals surface area (Å²) in [5, 5.41) is 11.2. The second kappa shape index (κ2) is 5.15. The Hall–Kier alpha value is -1.88. The summed E-state index contributed by atoms with van der Waals surface area (Å²) in [6.07, 6.45) is 3.94. The van der Waals surface area contributed by atoms with E-state index in [4.69, 9.17) is 4.52 Å². The molecular weight excluding hydrogens is 266 g/mol. The fraction of sp³-hybridized carbons (Fsp3) is 0.500. The van der Waals surface area contributed by atoms with Crippen molar-refractivity contribution in [3.05, 3.63) is 30.0 Å². The molecule has 110 valence electrons. The lowest BCUT2D eigenvalue weighted by atomic mass is 9.94. The smallest absolute Gasteiger partial charge is 0.290 e. The van der Waals surface area contributed by atoms with E-state index in [-0.39, 0.29) is 5.91 Å². The molecule has 0 spiro atoms. The minimum absolute atomic E-state index is 0.174. The molecule has 4 rings (SSSR count). The Bertz CT molecular complexity index is 666. The van der Waals surface area contributed by atoms with Crippen LogP contribution in [0.25, 0.3) is 10.9 Å². The number of nitrogens with zero attached hydrogens (tertiary/aromatic N) is 1. The molecule has 5 nitrogen and oxygen atoms in total. The van der Waals surface area contributed by atoms with Gasteiger partial charge in [-0.1, -0.05) is 23.7 Å². The van der Waals surface area contributed by atoms with Gasteiger partial charge < -0.3 is 15.2 Å². The van der Waals surface area contributed by atoms with Gasteiger partial charge in [0.05, 0.1) is 5.39 Å². The van der Waals surface area contributed by atoms with Gasteiger partial charge in [-0.3, -0.25) is 4.79 Å². The fourth-order valence-corrected chi connectivity index (χ4v) is 3.86.